The average Bonchev–Trinajstić information content (AvgIpc) is 3.48. The second kappa shape index (κ2) is 8.25. The monoisotopic (exact) mass is 439 g/mol. The number of hydrogen-bond acceptors (Lipinski definition) is 8. The molecule has 154 valence electrons. The number of benzene rings is 1. The van der Waals surface area contributed by atoms with Gasteiger partial charge in [-0.2, -0.15) is 4.98 Å². The van der Waals surface area contributed by atoms with Crippen LogP contribution in [0.25, 0.3) is 20.9 Å². The summed E-state index contributed by atoms with van der Waals surface area (Å²) in [6, 6.07) is 9.86. The van der Waals surface area contributed by atoms with Crippen LogP contribution in [0.3, 0.4) is 0 Å². The van der Waals surface area contributed by atoms with Crippen LogP contribution in [0.1, 0.15) is 23.7 Å². The van der Waals surface area contributed by atoms with Crippen LogP contribution in [0, 0.1) is 12.8 Å². The summed E-state index contributed by atoms with van der Waals surface area (Å²) < 4.78 is 6.56. The smallest absolute Gasteiger partial charge is 0.241 e. The lowest BCUT2D eigenvalue weighted by Crippen LogP contribution is -2.40. The molecule has 1 aliphatic rings. The Morgan fingerprint density at radius 1 is 1.33 bits per heavy atom. The standard InChI is InChI=1S/C21H21N5O2S2/c1-13-22-16-10-15(6-7-17(16)30-13)23-21(27)14-4-2-8-26(11-14)12-19-24-20(25-28-19)18-5-3-9-29-18/h3,5-7,9-10,14H,2,4,8,11-12H2,1H3,(H,23,27)/t14-/m0/s1. The highest BCUT2D eigenvalue weighted by molar-refractivity contribution is 7.18. The maximum atomic E-state index is 12.9. The van der Waals surface area contributed by atoms with Gasteiger partial charge in [-0.25, -0.2) is 4.98 Å². The van der Waals surface area contributed by atoms with E-state index < -0.39 is 0 Å². The minimum atomic E-state index is -0.0636. The maximum Gasteiger partial charge on any atom is 0.241 e. The highest BCUT2D eigenvalue weighted by Gasteiger charge is 2.27. The predicted octanol–water partition coefficient (Wildman–Crippen LogP) is 4.57. The third-order valence-corrected chi connectivity index (χ3v) is 7.02. The van der Waals surface area contributed by atoms with Crippen LogP contribution < -0.4 is 5.32 Å². The Bertz CT molecular complexity index is 1170. The first-order valence-electron chi connectivity index (χ1n) is 9.91. The Kier molecular flexibility index (Phi) is 5.32. The molecule has 1 N–H and O–H groups in total. The fourth-order valence-corrected chi connectivity index (χ4v) is 5.25. The van der Waals surface area contributed by atoms with Crippen molar-refractivity contribution in [2.45, 2.75) is 26.3 Å². The average molecular weight is 440 g/mol. The third-order valence-electron chi connectivity index (χ3n) is 5.21. The first kappa shape index (κ1) is 19.3. The number of anilines is 1. The fourth-order valence-electron chi connectivity index (χ4n) is 3.79. The minimum absolute atomic E-state index is 0.0517. The molecule has 1 saturated heterocycles. The fraction of sp³-hybridized carbons (Fsp3) is 0.333. The van der Waals surface area contributed by atoms with Crippen molar-refractivity contribution in [2.75, 3.05) is 18.4 Å². The van der Waals surface area contributed by atoms with Gasteiger partial charge in [-0.1, -0.05) is 11.2 Å². The zero-order valence-electron chi connectivity index (χ0n) is 16.5. The molecule has 0 spiro atoms. The molecule has 1 aliphatic heterocycles. The first-order chi connectivity index (χ1) is 14.6. The topological polar surface area (TPSA) is 84.2 Å². The van der Waals surface area contributed by atoms with Gasteiger partial charge in [-0.05, 0) is 56.0 Å². The van der Waals surface area contributed by atoms with Gasteiger partial charge in [0.05, 0.1) is 32.6 Å². The molecule has 0 radical (unpaired) electrons. The van der Waals surface area contributed by atoms with Crippen LogP contribution in [-0.4, -0.2) is 39.0 Å². The molecular formula is C21H21N5O2S2. The normalized spacial score (nSPS) is 17.4. The first-order valence-corrected chi connectivity index (χ1v) is 11.6. The molecule has 9 heteroatoms. The highest BCUT2D eigenvalue weighted by Crippen LogP contribution is 2.26. The van der Waals surface area contributed by atoms with Gasteiger partial charge in [0.15, 0.2) is 0 Å². The number of nitrogens with one attached hydrogen (secondary N) is 1. The van der Waals surface area contributed by atoms with Crippen LogP contribution >= 0.6 is 22.7 Å². The maximum absolute atomic E-state index is 12.9. The SMILES string of the molecule is Cc1nc2cc(NC(=O)[C@H]3CCCN(Cc4nc(-c5cccs5)no4)C3)ccc2s1. The van der Waals surface area contributed by atoms with Crippen LogP contribution in [0.5, 0.6) is 0 Å². The summed E-state index contributed by atoms with van der Waals surface area (Å²) in [5.74, 6) is 1.20. The van der Waals surface area contributed by atoms with E-state index >= 15 is 0 Å². The molecule has 4 aromatic rings. The van der Waals surface area contributed by atoms with E-state index in [1.807, 2.05) is 42.6 Å². The molecule has 0 aliphatic carbocycles. The summed E-state index contributed by atoms with van der Waals surface area (Å²) in [6.45, 7) is 4.16. The van der Waals surface area contributed by atoms with Gasteiger partial charge in [-0.3, -0.25) is 9.69 Å². The number of rotatable bonds is 5. The Labute approximate surface area is 181 Å². The molecule has 7 nitrogen and oxygen atoms in total. The summed E-state index contributed by atoms with van der Waals surface area (Å²) in [5.41, 5.74) is 1.73. The van der Waals surface area contributed by atoms with Crippen LogP contribution in [0.15, 0.2) is 40.2 Å². The van der Waals surface area contributed by atoms with Gasteiger partial charge in [0.2, 0.25) is 17.6 Å². The minimum Gasteiger partial charge on any atom is -0.338 e. The van der Waals surface area contributed by atoms with Crippen LogP contribution in [-0.2, 0) is 11.3 Å². The Balaban J connectivity index is 1.21. The van der Waals surface area contributed by atoms with E-state index in [9.17, 15) is 4.79 Å². The molecule has 1 fully saturated rings. The van der Waals surface area contributed by atoms with Crippen molar-refractivity contribution in [3.63, 3.8) is 0 Å². The van der Waals surface area contributed by atoms with E-state index in [0.29, 0.717) is 24.8 Å². The second-order valence-corrected chi connectivity index (χ2v) is 9.65. The number of nitrogens with zero attached hydrogens (tertiary/aromatic N) is 4. The number of carbonyl (C=O) groups is 1. The molecule has 0 unspecified atom stereocenters. The summed E-state index contributed by atoms with van der Waals surface area (Å²) in [7, 11) is 0. The number of likely N-dealkylation sites (tertiary alicyclic amines) is 1. The summed E-state index contributed by atoms with van der Waals surface area (Å²) >= 11 is 3.25. The Hall–Kier alpha value is -2.62. The van der Waals surface area contributed by atoms with Gasteiger partial charge in [0.1, 0.15) is 0 Å². The molecule has 0 saturated carbocycles. The van der Waals surface area contributed by atoms with Crippen molar-refractivity contribution in [1.29, 1.82) is 0 Å². The van der Waals surface area contributed by atoms with Crippen LogP contribution in [0.4, 0.5) is 5.69 Å². The van der Waals surface area contributed by atoms with E-state index in [4.69, 9.17) is 4.52 Å². The van der Waals surface area contributed by atoms with Crippen molar-refractivity contribution in [3.8, 4) is 10.7 Å². The lowest BCUT2D eigenvalue weighted by Gasteiger charge is -2.30. The van der Waals surface area contributed by atoms with Gasteiger partial charge < -0.3 is 9.84 Å². The number of piperidine rings is 1. The van der Waals surface area contributed by atoms with Gasteiger partial charge >= 0.3 is 0 Å². The number of fused-ring (bicyclic) bond motifs is 1. The molecule has 1 atom stereocenters. The quantitative estimate of drug-likeness (QED) is 0.490. The largest absolute Gasteiger partial charge is 0.338 e. The number of aryl methyl sites for hydroxylation is 1. The second-order valence-electron chi connectivity index (χ2n) is 7.47. The third kappa shape index (κ3) is 4.14. The highest BCUT2D eigenvalue weighted by atomic mass is 32.1. The van der Waals surface area contributed by atoms with Crippen molar-refractivity contribution in [1.82, 2.24) is 20.0 Å². The molecule has 5 rings (SSSR count). The van der Waals surface area contributed by atoms with Crippen molar-refractivity contribution < 1.29 is 9.32 Å². The summed E-state index contributed by atoms with van der Waals surface area (Å²) in [5, 5.41) is 10.2. The summed E-state index contributed by atoms with van der Waals surface area (Å²) in [6.07, 6.45) is 1.85. The molecule has 3 aromatic heterocycles. The predicted molar refractivity (Wildman–Crippen MR) is 119 cm³/mol. The van der Waals surface area contributed by atoms with E-state index in [2.05, 4.69) is 25.3 Å². The van der Waals surface area contributed by atoms with Crippen molar-refractivity contribution >= 4 is 44.5 Å². The number of amides is 1. The van der Waals surface area contributed by atoms with E-state index in [1.165, 1.54) is 0 Å². The zero-order valence-corrected chi connectivity index (χ0v) is 18.1. The Morgan fingerprint density at radius 3 is 3.13 bits per heavy atom. The number of thiophene rings is 1. The molecule has 30 heavy (non-hydrogen) atoms. The van der Waals surface area contributed by atoms with Gasteiger partial charge in [0, 0.05) is 12.2 Å². The molecule has 1 amide bonds. The molecular weight excluding hydrogens is 418 g/mol. The zero-order chi connectivity index (χ0) is 20.5. The van der Waals surface area contributed by atoms with Crippen LogP contribution in [0.2, 0.25) is 0 Å². The number of thiazole rings is 1. The Morgan fingerprint density at radius 2 is 2.27 bits per heavy atom. The van der Waals surface area contributed by atoms with Gasteiger partial charge in [0.25, 0.3) is 0 Å². The molecule has 0 bridgehead atoms. The van der Waals surface area contributed by atoms with Crippen molar-refractivity contribution in [3.05, 3.63) is 46.6 Å². The van der Waals surface area contributed by atoms with E-state index in [-0.39, 0.29) is 11.8 Å². The van der Waals surface area contributed by atoms with E-state index in [1.54, 1.807) is 22.7 Å². The van der Waals surface area contributed by atoms with Gasteiger partial charge in [-0.15, -0.1) is 22.7 Å². The lowest BCUT2D eigenvalue weighted by atomic mass is 9.97. The van der Waals surface area contributed by atoms with E-state index in [0.717, 1.165) is 45.2 Å². The molecule has 1 aromatic carbocycles. The molecule has 4 heterocycles. The summed E-state index contributed by atoms with van der Waals surface area (Å²) in [4.78, 5) is 25.1. The lowest BCUT2D eigenvalue weighted by molar-refractivity contribution is -0.121. The van der Waals surface area contributed by atoms with Crippen molar-refractivity contribution in [2.24, 2.45) is 5.92 Å². The number of carbonyl (C=O) groups excluding carboxylic acids is 1. The number of hydrogen-bond donors (Lipinski definition) is 1. The number of aromatic nitrogens is 3.